The third-order valence-corrected chi connectivity index (χ3v) is 3.88. The number of carbonyl (C=O) groups is 1. The number of H-pyrrole nitrogens is 1. The lowest BCUT2D eigenvalue weighted by Gasteiger charge is -2.29. The molecule has 122 valence electrons. The smallest absolute Gasteiger partial charge is 0.265 e. The monoisotopic (exact) mass is 324 g/mol. The van der Waals surface area contributed by atoms with Gasteiger partial charge >= 0.3 is 0 Å². The van der Waals surface area contributed by atoms with Gasteiger partial charge in [-0.05, 0) is 18.6 Å². The molecule has 0 unspecified atom stereocenters. The van der Waals surface area contributed by atoms with Crippen LogP contribution in [0.5, 0.6) is 5.75 Å². The Balaban J connectivity index is 1.39. The molecule has 0 saturated heterocycles. The Morgan fingerprint density at radius 3 is 3.12 bits per heavy atom. The van der Waals surface area contributed by atoms with Crippen LogP contribution in [-0.2, 0) is 4.79 Å². The molecule has 0 spiro atoms. The van der Waals surface area contributed by atoms with E-state index in [2.05, 4.69) is 25.3 Å². The molecule has 2 aromatic heterocycles. The SMILES string of the molecule is O=C1COc2ccccc2N1CCCNc1ncnc2nc[nH]c12. The number of rotatable bonds is 5. The van der Waals surface area contributed by atoms with Gasteiger partial charge in [0, 0.05) is 13.1 Å². The van der Waals surface area contributed by atoms with Crippen LogP contribution < -0.4 is 15.0 Å². The van der Waals surface area contributed by atoms with E-state index >= 15 is 0 Å². The molecule has 3 heterocycles. The molecule has 1 aliphatic rings. The molecule has 0 bridgehead atoms. The zero-order valence-electron chi connectivity index (χ0n) is 12.9. The number of ether oxygens (including phenoxy) is 1. The van der Waals surface area contributed by atoms with Gasteiger partial charge in [-0.2, -0.15) is 0 Å². The average molecular weight is 324 g/mol. The number of carbonyl (C=O) groups excluding carboxylic acids is 1. The van der Waals surface area contributed by atoms with E-state index in [0.29, 0.717) is 24.6 Å². The van der Waals surface area contributed by atoms with Crippen molar-refractivity contribution in [2.24, 2.45) is 0 Å². The number of aromatic amines is 1. The Morgan fingerprint density at radius 2 is 2.17 bits per heavy atom. The number of hydrogen-bond acceptors (Lipinski definition) is 6. The van der Waals surface area contributed by atoms with Gasteiger partial charge in [0.1, 0.15) is 17.6 Å². The van der Waals surface area contributed by atoms with Crippen LogP contribution in [0.15, 0.2) is 36.9 Å². The Bertz CT molecular complexity index is 878. The number of fused-ring (bicyclic) bond motifs is 2. The van der Waals surface area contributed by atoms with Crippen LogP contribution >= 0.6 is 0 Å². The lowest BCUT2D eigenvalue weighted by Crippen LogP contribution is -2.39. The molecule has 0 atom stereocenters. The zero-order chi connectivity index (χ0) is 16.4. The van der Waals surface area contributed by atoms with Crippen molar-refractivity contribution in [2.75, 3.05) is 29.9 Å². The van der Waals surface area contributed by atoms with Crippen molar-refractivity contribution in [3.63, 3.8) is 0 Å². The lowest BCUT2D eigenvalue weighted by molar-refractivity contribution is -0.121. The third-order valence-electron chi connectivity index (χ3n) is 3.88. The van der Waals surface area contributed by atoms with Gasteiger partial charge in [-0.15, -0.1) is 0 Å². The molecule has 1 aromatic carbocycles. The maximum absolute atomic E-state index is 12.1. The highest BCUT2D eigenvalue weighted by Gasteiger charge is 2.24. The number of amides is 1. The summed E-state index contributed by atoms with van der Waals surface area (Å²) in [4.78, 5) is 29.3. The minimum absolute atomic E-state index is 0.0216. The van der Waals surface area contributed by atoms with Crippen molar-refractivity contribution in [1.29, 1.82) is 0 Å². The number of benzene rings is 1. The molecule has 0 saturated carbocycles. The summed E-state index contributed by atoms with van der Waals surface area (Å²) >= 11 is 0. The lowest BCUT2D eigenvalue weighted by atomic mass is 10.2. The van der Waals surface area contributed by atoms with Crippen LogP contribution in [0.1, 0.15) is 6.42 Å². The first-order valence-corrected chi connectivity index (χ1v) is 7.73. The van der Waals surface area contributed by atoms with Gasteiger partial charge in [-0.25, -0.2) is 15.0 Å². The zero-order valence-corrected chi connectivity index (χ0v) is 12.9. The van der Waals surface area contributed by atoms with Crippen molar-refractivity contribution in [2.45, 2.75) is 6.42 Å². The standard InChI is InChI=1S/C16H16N6O2/c23-13-8-24-12-5-2-1-4-11(12)22(13)7-3-6-17-15-14-16(19-9-18-14)21-10-20-15/h1-2,4-5,9-10H,3,6-8H2,(H2,17,18,19,20,21). The highest BCUT2D eigenvalue weighted by molar-refractivity contribution is 5.97. The molecule has 1 amide bonds. The minimum atomic E-state index is -0.0216. The molecular formula is C16H16N6O2. The van der Waals surface area contributed by atoms with Gasteiger partial charge < -0.3 is 19.9 Å². The third kappa shape index (κ3) is 2.62. The van der Waals surface area contributed by atoms with Crippen molar-refractivity contribution < 1.29 is 9.53 Å². The normalized spacial score (nSPS) is 13.7. The van der Waals surface area contributed by atoms with Crippen LogP contribution in [0.4, 0.5) is 11.5 Å². The number of aromatic nitrogens is 4. The number of hydrogen-bond donors (Lipinski definition) is 2. The minimum Gasteiger partial charge on any atom is -0.482 e. The second kappa shape index (κ2) is 6.15. The Hall–Kier alpha value is -3.16. The molecule has 0 radical (unpaired) electrons. The predicted octanol–water partition coefficient (Wildman–Crippen LogP) is 1.58. The molecule has 1 aliphatic heterocycles. The fourth-order valence-electron chi connectivity index (χ4n) is 2.74. The van der Waals surface area contributed by atoms with Crippen LogP contribution in [0.25, 0.3) is 11.2 Å². The first-order chi connectivity index (χ1) is 11.8. The molecule has 8 heteroatoms. The molecule has 3 aromatic rings. The van der Waals surface area contributed by atoms with Gasteiger partial charge in [-0.3, -0.25) is 4.79 Å². The van der Waals surface area contributed by atoms with E-state index in [1.807, 2.05) is 24.3 Å². The predicted molar refractivity (Wildman–Crippen MR) is 89.1 cm³/mol. The molecule has 2 N–H and O–H groups in total. The summed E-state index contributed by atoms with van der Waals surface area (Å²) in [7, 11) is 0. The number of imidazole rings is 1. The molecular weight excluding hydrogens is 308 g/mol. The molecule has 0 fully saturated rings. The maximum atomic E-state index is 12.1. The molecule has 0 aliphatic carbocycles. The second-order valence-corrected chi connectivity index (χ2v) is 5.41. The largest absolute Gasteiger partial charge is 0.482 e. The van der Waals surface area contributed by atoms with Gasteiger partial charge in [0.05, 0.1) is 12.0 Å². The van der Waals surface area contributed by atoms with Crippen molar-refractivity contribution in [3.8, 4) is 5.75 Å². The van der Waals surface area contributed by atoms with Gasteiger partial charge in [-0.1, -0.05) is 12.1 Å². The van der Waals surface area contributed by atoms with Gasteiger partial charge in [0.2, 0.25) is 0 Å². The fraction of sp³-hybridized carbons (Fsp3) is 0.250. The summed E-state index contributed by atoms with van der Waals surface area (Å²) in [6.45, 7) is 1.38. The highest BCUT2D eigenvalue weighted by Crippen LogP contribution is 2.31. The Labute approximate surface area is 137 Å². The van der Waals surface area contributed by atoms with Crippen LogP contribution in [0, 0.1) is 0 Å². The van der Waals surface area contributed by atoms with E-state index in [-0.39, 0.29) is 12.5 Å². The number of nitrogens with one attached hydrogen (secondary N) is 2. The van der Waals surface area contributed by atoms with E-state index in [4.69, 9.17) is 4.74 Å². The van der Waals surface area contributed by atoms with Crippen LogP contribution in [0.2, 0.25) is 0 Å². The number of anilines is 2. The fourth-order valence-corrected chi connectivity index (χ4v) is 2.74. The van der Waals surface area contributed by atoms with Crippen LogP contribution in [-0.4, -0.2) is 45.5 Å². The number of nitrogens with zero attached hydrogens (tertiary/aromatic N) is 4. The molecule has 24 heavy (non-hydrogen) atoms. The van der Waals surface area contributed by atoms with E-state index in [1.54, 1.807) is 11.2 Å². The van der Waals surface area contributed by atoms with Gasteiger partial charge in [0.15, 0.2) is 18.1 Å². The topological polar surface area (TPSA) is 96.0 Å². The summed E-state index contributed by atoms with van der Waals surface area (Å²) in [5.74, 6) is 1.44. The van der Waals surface area contributed by atoms with E-state index in [0.717, 1.165) is 23.4 Å². The average Bonchev–Trinajstić information content (AvgIpc) is 3.09. The molecule has 4 rings (SSSR count). The van der Waals surface area contributed by atoms with E-state index in [1.165, 1.54) is 6.33 Å². The number of para-hydroxylation sites is 2. The highest BCUT2D eigenvalue weighted by atomic mass is 16.5. The van der Waals surface area contributed by atoms with E-state index in [9.17, 15) is 4.79 Å². The van der Waals surface area contributed by atoms with Crippen molar-refractivity contribution in [1.82, 2.24) is 19.9 Å². The maximum Gasteiger partial charge on any atom is 0.265 e. The summed E-state index contributed by atoms with van der Waals surface area (Å²) in [5.41, 5.74) is 2.24. The van der Waals surface area contributed by atoms with E-state index < -0.39 is 0 Å². The van der Waals surface area contributed by atoms with Crippen molar-refractivity contribution >= 4 is 28.6 Å². The Morgan fingerprint density at radius 1 is 1.25 bits per heavy atom. The van der Waals surface area contributed by atoms with Crippen LogP contribution in [0.3, 0.4) is 0 Å². The summed E-state index contributed by atoms with van der Waals surface area (Å²) < 4.78 is 5.45. The quantitative estimate of drug-likeness (QED) is 0.692. The Kier molecular flexibility index (Phi) is 3.70. The first kappa shape index (κ1) is 14.4. The summed E-state index contributed by atoms with van der Waals surface area (Å²) in [6.07, 6.45) is 3.85. The summed E-state index contributed by atoms with van der Waals surface area (Å²) in [6, 6.07) is 7.59. The molecule has 8 nitrogen and oxygen atoms in total. The second-order valence-electron chi connectivity index (χ2n) is 5.41. The summed E-state index contributed by atoms with van der Waals surface area (Å²) in [5, 5.41) is 3.26. The van der Waals surface area contributed by atoms with Gasteiger partial charge in [0.25, 0.3) is 5.91 Å². The first-order valence-electron chi connectivity index (χ1n) is 7.73. The van der Waals surface area contributed by atoms with Crippen molar-refractivity contribution in [3.05, 3.63) is 36.9 Å².